The highest BCUT2D eigenvalue weighted by atomic mass is 35.5. The molecule has 8 nitrogen and oxygen atoms in total. The second kappa shape index (κ2) is 12.7. The predicted molar refractivity (Wildman–Crippen MR) is 169 cm³/mol. The number of rotatable bonds is 7. The number of pyridine rings is 1. The monoisotopic (exact) mass is 577 g/mol. The van der Waals surface area contributed by atoms with Gasteiger partial charge in [-0.3, -0.25) is 9.36 Å². The highest BCUT2D eigenvalue weighted by Gasteiger charge is 2.32. The largest absolute Gasteiger partial charge is 0.370 e. The predicted octanol–water partition coefficient (Wildman–Crippen LogP) is 5.81. The van der Waals surface area contributed by atoms with E-state index in [0.717, 1.165) is 97.3 Å². The number of aromatic nitrogens is 3. The Hall–Kier alpha value is -2.68. The first-order chi connectivity index (χ1) is 20.0. The standard InChI is InChI=1S/C32H44ClN7O/c1-3-25(28-20-34-13-14-35-28)22-11-15-39(16-12-22)29-10-9-23(18-27(29)33)37-32-36-19-26-21(2)17-30(41)40(31(26)38-32)24-7-5-4-6-8-24/h9-10,17-19,22,24-25,28,34-35H,3-8,11-16,20H2,1-2H3,(H,36,37,38). The van der Waals surface area contributed by atoms with Crippen molar-refractivity contribution in [1.29, 1.82) is 0 Å². The Morgan fingerprint density at radius 3 is 2.61 bits per heavy atom. The number of nitrogens with zero attached hydrogens (tertiary/aromatic N) is 4. The van der Waals surface area contributed by atoms with Gasteiger partial charge in [0.15, 0.2) is 0 Å². The van der Waals surface area contributed by atoms with Crippen molar-refractivity contribution < 1.29 is 0 Å². The van der Waals surface area contributed by atoms with Crippen LogP contribution in [0.15, 0.2) is 35.3 Å². The van der Waals surface area contributed by atoms with Crippen LogP contribution in [0.25, 0.3) is 11.0 Å². The van der Waals surface area contributed by atoms with E-state index >= 15 is 0 Å². The van der Waals surface area contributed by atoms with Crippen molar-refractivity contribution in [1.82, 2.24) is 25.2 Å². The van der Waals surface area contributed by atoms with E-state index in [1.807, 2.05) is 23.8 Å². The molecule has 2 unspecified atom stereocenters. The molecule has 6 rings (SSSR count). The van der Waals surface area contributed by atoms with Crippen LogP contribution in [0.2, 0.25) is 5.02 Å². The van der Waals surface area contributed by atoms with E-state index < -0.39 is 0 Å². The van der Waals surface area contributed by atoms with Gasteiger partial charge >= 0.3 is 0 Å². The first-order valence-corrected chi connectivity index (χ1v) is 16.0. The third-order valence-corrected chi connectivity index (χ3v) is 9.99. The molecule has 1 saturated carbocycles. The Morgan fingerprint density at radius 1 is 1.10 bits per heavy atom. The van der Waals surface area contributed by atoms with Crippen LogP contribution in [0, 0.1) is 18.8 Å². The fourth-order valence-corrected chi connectivity index (χ4v) is 7.79. The fraction of sp³-hybridized carbons (Fsp3) is 0.594. The zero-order valence-electron chi connectivity index (χ0n) is 24.5. The first-order valence-electron chi connectivity index (χ1n) is 15.7. The van der Waals surface area contributed by atoms with Gasteiger partial charge in [-0.2, -0.15) is 4.98 Å². The summed E-state index contributed by atoms with van der Waals surface area (Å²) >= 11 is 6.85. The van der Waals surface area contributed by atoms with Gasteiger partial charge in [0.05, 0.1) is 10.7 Å². The van der Waals surface area contributed by atoms with E-state index in [2.05, 4.69) is 44.9 Å². The highest BCUT2D eigenvalue weighted by molar-refractivity contribution is 6.33. The molecule has 41 heavy (non-hydrogen) atoms. The summed E-state index contributed by atoms with van der Waals surface area (Å²) in [6.07, 6.45) is 11.0. The van der Waals surface area contributed by atoms with Gasteiger partial charge in [-0.25, -0.2) is 4.98 Å². The lowest BCUT2D eigenvalue weighted by molar-refractivity contribution is 0.191. The second-order valence-electron chi connectivity index (χ2n) is 12.2. The second-order valence-corrected chi connectivity index (χ2v) is 12.6. The quantitative estimate of drug-likeness (QED) is 0.327. The Labute approximate surface area is 248 Å². The van der Waals surface area contributed by atoms with E-state index in [0.29, 0.717) is 17.9 Å². The minimum atomic E-state index is 0.0275. The SMILES string of the molecule is CCC(C1CCN(c2ccc(Nc3ncc4c(C)cc(=O)n(C5CCCCC5)c4n3)cc2Cl)CC1)C1CNCCN1. The first kappa shape index (κ1) is 28.4. The van der Waals surface area contributed by atoms with Crippen LogP contribution in [-0.4, -0.2) is 53.3 Å². The van der Waals surface area contributed by atoms with Crippen LogP contribution >= 0.6 is 11.6 Å². The number of piperidine rings is 1. The number of fused-ring (bicyclic) bond motifs is 1. The average molecular weight is 578 g/mol. The van der Waals surface area contributed by atoms with E-state index in [4.69, 9.17) is 16.6 Å². The molecule has 0 amide bonds. The summed E-state index contributed by atoms with van der Waals surface area (Å²) in [7, 11) is 0. The van der Waals surface area contributed by atoms with Gasteiger partial charge in [0, 0.05) is 68.1 Å². The normalized spacial score (nSPS) is 21.7. The lowest BCUT2D eigenvalue weighted by Crippen LogP contribution is -2.54. The number of halogens is 1. The number of nitrogens with one attached hydrogen (secondary N) is 3. The van der Waals surface area contributed by atoms with E-state index in [9.17, 15) is 4.79 Å². The smallest absolute Gasteiger partial charge is 0.252 e. The zero-order chi connectivity index (χ0) is 28.3. The van der Waals surface area contributed by atoms with Crippen molar-refractivity contribution in [3.63, 3.8) is 0 Å². The summed E-state index contributed by atoms with van der Waals surface area (Å²) in [6, 6.07) is 8.63. The Bertz CT molecular complexity index is 1410. The number of hydrogen-bond donors (Lipinski definition) is 3. The molecule has 9 heteroatoms. The maximum absolute atomic E-state index is 13.1. The highest BCUT2D eigenvalue weighted by Crippen LogP contribution is 2.36. The minimum Gasteiger partial charge on any atom is -0.370 e. The molecular formula is C32H44ClN7O. The number of piperazine rings is 1. The molecule has 2 aromatic heterocycles. The summed E-state index contributed by atoms with van der Waals surface area (Å²) in [6.45, 7) is 9.57. The summed E-state index contributed by atoms with van der Waals surface area (Å²) in [5.74, 6) is 1.94. The molecule has 3 fully saturated rings. The number of benzene rings is 1. The van der Waals surface area contributed by atoms with Gasteiger partial charge < -0.3 is 20.9 Å². The average Bonchev–Trinajstić information content (AvgIpc) is 2.99. The van der Waals surface area contributed by atoms with Crippen LogP contribution < -0.4 is 26.4 Å². The van der Waals surface area contributed by atoms with Crippen LogP contribution in [-0.2, 0) is 0 Å². The van der Waals surface area contributed by atoms with Gasteiger partial charge in [-0.1, -0.05) is 44.2 Å². The van der Waals surface area contributed by atoms with Gasteiger partial charge in [0.2, 0.25) is 5.95 Å². The third-order valence-electron chi connectivity index (χ3n) is 9.69. The number of anilines is 3. The lowest BCUT2D eigenvalue weighted by atomic mass is 9.78. The molecule has 3 aliphatic rings. The number of hydrogen-bond acceptors (Lipinski definition) is 7. The fourth-order valence-electron chi connectivity index (χ4n) is 7.49. The summed E-state index contributed by atoms with van der Waals surface area (Å²) < 4.78 is 1.90. The third kappa shape index (κ3) is 6.11. The molecule has 0 radical (unpaired) electrons. The van der Waals surface area contributed by atoms with Crippen molar-refractivity contribution in [2.24, 2.45) is 11.8 Å². The van der Waals surface area contributed by atoms with Gasteiger partial charge in [0.25, 0.3) is 5.56 Å². The molecule has 0 spiro atoms. The molecule has 1 aliphatic carbocycles. The molecular weight excluding hydrogens is 534 g/mol. The molecule has 220 valence electrons. The minimum absolute atomic E-state index is 0.0275. The van der Waals surface area contributed by atoms with E-state index in [1.54, 1.807) is 6.07 Å². The Kier molecular flexibility index (Phi) is 8.79. The molecule has 2 aliphatic heterocycles. The van der Waals surface area contributed by atoms with Crippen LogP contribution in [0.5, 0.6) is 0 Å². The Balaban J connectivity index is 1.16. The number of aryl methyl sites for hydroxylation is 1. The topological polar surface area (TPSA) is 87.1 Å². The molecule has 1 aromatic carbocycles. The molecule has 3 N–H and O–H groups in total. The van der Waals surface area contributed by atoms with Crippen molar-refractivity contribution in [3.8, 4) is 0 Å². The molecule has 4 heterocycles. The molecule has 2 saturated heterocycles. The maximum Gasteiger partial charge on any atom is 0.252 e. The summed E-state index contributed by atoms with van der Waals surface area (Å²) in [5, 5.41) is 12.3. The molecule has 3 aromatic rings. The van der Waals surface area contributed by atoms with Gasteiger partial charge in [-0.15, -0.1) is 0 Å². The van der Waals surface area contributed by atoms with Crippen LogP contribution in [0.3, 0.4) is 0 Å². The molecule has 0 bridgehead atoms. The van der Waals surface area contributed by atoms with Gasteiger partial charge in [-0.05, 0) is 68.2 Å². The van der Waals surface area contributed by atoms with Crippen molar-refractivity contribution in [3.05, 3.63) is 51.4 Å². The van der Waals surface area contributed by atoms with E-state index in [-0.39, 0.29) is 11.6 Å². The van der Waals surface area contributed by atoms with Crippen molar-refractivity contribution in [2.45, 2.75) is 77.3 Å². The maximum atomic E-state index is 13.1. The van der Waals surface area contributed by atoms with Crippen LogP contribution in [0.4, 0.5) is 17.3 Å². The van der Waals surface area contributed by atoms with Crippen LogP contribution in [0.1, 0.15) is 69.9 Å². The zero-order valence-corrected chi connectivity index (χ0v) is 25.2. The summed E-state index contributed by atoms with van der Waals surface area (Å²) in [5.41, 5.74) is 3.59. The van der Waals surface area contributed by atoms with E-state index in [1.165, 1.54) is 25.7 Å². The molecule has 2 atom stereocenters. The van der Waals surface area contributed by atoms with Crippen molar-refractivity contribution in [2.75, 3.05) is 42.9 Å². The van der Waals surface area contributed by atoms with Gasteiger partial charge in [0.1, 0.15) is 5.65 Å². The summed E-state index contributed by atoms with van der Waals surface area (Å²) in [4.78, 5) is 24.9. The lowest BCUT2D eigenvalue weighted by Gasteiger charge is -2.41. The Morgan fingerprint density at radius 2 is 1.90 bits per heavy atom. The van der Waals surface area contributed by atoms with Crippen molar-refractivity contribution >= 4 is 40.0 Å².